The predicted octanol–water partition coefficient (Wildman–Crippen LogP) is 4.06. The number of nitrogens with zero attached hydrogens (tertiary/aromatic N) is 1. The Morgan fingerprint density at radius 1 is 1.26 bits per heavy atom. The molecule has 2 aromatic carbocycles. The molecule has 7 nitrogen and oxygen atoms in total. The summed E-state index contributed by atoms with van der Waals surface area (Å²) in [6.45, 7) is 5.64. The van der Waals surface area contributed by atoms with Crippen molar-refractivity contribution in [2.75, 3.05) is 32.8 Å². The van der Waals surface area contributed by atoms with Crippen LogP contribution in [0.3, 0.4) is 0 Å². The van der Waals surface area contributed by atoms with Crippen molar-refractivity contribution in [2.24, 2.45) is 0 Å². The number of benzene rings is 2. The molecule has 0 spiro atoms. The zero-order valence-corrected chi connectivity index (χ0v) is 19.8. The average Bonchev–Trinajstić information content (AvgIpc) is 2.85. The van der Waals surface area contributed by atoms with Gasteiger partial charge in [-0.05, 0) is 37.6 Å². The number of ether oxygens (including phenoxy) is 2. The quantitative estimate of drug-likeness (QED) is 0.486. The highest BCUT2D eigenvalue weighted by Gasteiger charge is 2.24. The largest absolute Gasteiger partial charge is 0.453 e. The minimum Gasteiger partial charge on any atom is -0.453 e. The Bertz CT molecular complexity index is 1020. The van der Waals surface area contributed by atoms with Gasteiger partial charge in [-0.2, -0.15) is 0 Å². The monoisotopic (exact) mass is 495 g/mol. The zero-order chi connectivity index (χ0) is 24.7. The molecule has 2 atom stereocenters. The van der Waals surface area contributed by atoms with Crippen molar-refractivity contribution >= 4 is 23.9 Å². The molecule has 1 aliphatic heterocycles. The summed E-state index contributed by atoms with van der Waals surface area (Å²) in [5.41, 5.74) is 0.170. The number of rotatable bonds is 10. The second kappa shape index (κ2) is 12.1. The van der Waals surface area contributed by atoms with Crippen LogP contribution in [0.1, 0.15) is 42.2 Å². The van der Waals surface area contributed by atoms with Crippen molar-refractivity contribution in [1.29, 1.82) is 0 Å². The molecule has 0 aliphatic carbocycles. The van der Waals surface area contributed by atoms with Crippen LogP contribution in [0.5, 0.6) is 11.5 Å². The van der Waals surface area contributed by atoms with Crippen LogP contribution in [-0.4, -0.2) is 56.1 Å². The maximum Gasteiger partial charge on any atom is 0.257 e. The molecule has 0 aromatic heterocycles. The van der Waals surface area contributed by atoms with Gasteiger partial charge in [-0.1, -0.05) is 24.6 Å². The van der Waals surface area contributed by atoms with E-state index in [1.165, 1.54) is 23.1 Å². The first kappa shape index (κ1) is 25.9. The van der Waals surface area contributed by atoms with Gasteiger partial charge in [0.1, 0.15) is 11.6 Å². The van der Waals surface area contributed by atoms with E-state index in [0.717, 1.165) is 6.07 Å². The first-order valence-corrected chi connectivity index (χ1v) is 11.5. The van der Waals surface area contributed by atoms with E-state index in [0.29, 0.717) is 51.2 Å². The molecule has 0 saturated carbocycles. The number of hydrogen-bond acceptors (Lipinski definition) is 5. The number of halogens is 3. The summed E-state index contributed by atoms with van der Waals surface area (Å²) < 4.78 is 40.9. The molecule has 2 N–H and O–H groups in total. The van der Waals surface area contributed by atoms with Gasteiger partial charge in [0.05, 0.1) is 23.8 Å². The van der Waals surface area contributed by atoms with E-state index >= 15 is 4.39 Å². The van der Waals surface area contributed by atoms with Gasteiger partial charge in [0.25, 0.3) is 5.91 Å². The summed E-state index contributed by atoms with van der Waals surface area (Å²) in [7, 11) is 0. The smallest absolute Gasteiger partial charge is 0.257 e. The highest BCUT2D eigenvalue weighted by atomic mass is 35.5. The maximum absolute atomic E-state index is 15.5. The standard InChI is InChI=1S/C24H28ClF2N3O4/c1-3-21(29-15(2)13-28-14-31)17-5-6-19(25)23(22(17)27)34-16-4-7-20(26)18(12-16)24(32)30-8-10-33-11-9-30/h4-7,12,14-15,21,29H,3,8-11,13H2,1-2H3,(H,28,31)/t15-,21+/m0/s1. The van der Waals surface area contributed by atoms with E-state index < -0.39 is 17.5 Å². The van der Waals surface area contributed by atoms with E-state index in [1.807, 2.05) is 13.8 Å². The molecule has 2 aromatic rings. The number of carbonyl (C=O) groups excluding carboxylic acids is 2. The number of morpholine rings is 1. The highest BCUT2D eigenvalue weighted by molar-refractivity contribution is 6.32. The Morgan fingerprint density at radius 3 is 2.68 bits per heavy atom. The lowest BCUT2D eigenvalue weighted by molar-refractivity contribution is -0.109. The van der Waals surface area contributed by atoms with Gasteiger partial charge >= 0.3 is 0 Å². The van der Waals surface area contributed by atoms with Crippen molar-refractivity contribution in [2.45, 2.75) is 32.4 Å². The average molecular weight is 496 g/mol. The number of hydrogen-bond donors (Lipinski definition) is 2. The Balaban J connectivity index is 1.85. The van der Waals surface area contributed by atoms with Gasteiger partial charge in [-0.25, -0.2) is 8.78 Å². The molecule has 1 aliphatic rings. The first-order valence-electron chi connectivity index (χ1n) is 11.1. The molecular weight excluding hydrogens is 468 g/mol. The normalized spacial score (nSPS) is 15.5. The minimum absolute atomic E-state index is 0.0390. The SMILES string of the molecule is CC[C@@H](N[C@@H](C)CNC=O)c1ccc(Cl)c(Oc2ccc(F)c(C(=O)N3CCOCC3)c2)c1F. The molecule has 0 radical (unpaired) electrons. The van der Waals surface area contributed by atoms with Gasteiger partial charge in [-0.15, -0.1) is 0 Å². The van der Waals surface area contributed by atoms with E-state index in [1.54, 1.807) is 6.07 Å². The van der Waals surface area contributed by atoms with Gasteiger partial charge in [-0.3, -0.25) is 9.59 Å². The van der Waals surface area contributed by atoms with Gasteiger partial charge in [0.2, 0.25) is 6.41 Å². The van der Waals surface area contributed by atoms with Crippen molar-refractivity contribution in [1.82, 2.24) is 15.5 Å². The lowest BCUT2D eigenvalue weighted by Gasteiger charge is -2.27. The van der Waals surface area contributed by atoms with E-state index in [9.17, 15) is 14.0 Å². The van der Waals surface area contributed by atoms with Crippen LogP contribution in [0, 0.1) is 11.6 Å². The third kappa shape index (κ3) is 6.22. The Morgan fingerprint density at radius 2 is 2.00 bits per heavy atom. The molecular formula is C24H28ClF2N3O4. The van der Waals surface area contributed by atoms with E-state index in [4.69, 9.17) is 21.1 Å². The third-order valence-corrected chi connectivity index (χ3v) is 5.84. The lowest BCUT2D eigenvalue weighted by atomic mass is 10.0. The summed E-state index contributed by atoms with van der Waals surface area (Å²) in [5.74, 6) is -1.97. The Hall–Kier alpha value is -2.75. The summed E-state index contributed by atoms with van der Waals surface area (Å²) in [6, 6.07) is 6.29. The van der Waals surface area contributed by atoms with Crippen LogP contribution in [-0.2, 0) is 9.53 Å². The van der Waals surface area contributed by atoms with Crippen LogP contribution in [0.15, 0.2) is 30.3 Å². The van der Waals surface area contributed by atoms with Crippen LogP contribution >= 0.6 is 11.6 Å². The molecule has 0 bridgehead atoms. The molecule has 10 heteroatoms. The summed E-state index contributed by atoms with van der Waals surface area (Å²) in [6.07, 6.45) is 1.17. The van der Waals surface area contributed by atoms with Crippen molar-refractivity contribution in [3.8, 4) is 11.5 Å². The zero-order valence-electron chi connectivity index (χ0n) is 19.1. The lowest BCUT2D eigenvalue weighted by Crippen LogP contribution is -2.41. The molecule has 1 saturated heterocycles. The van der Waals surface area contributed by atoms with Crippen molar-refractivity contribution < 1.29 is 27.8 Å². The van der Waals surface area contributed by atoms with Crippen LogP contribution < -0.4 is 15.4 Å². The van der Waals surface area contributed by atoms with E-state index in [2.05, 4.69) is 10.6 Å². The molecule has 184 valence electrons. The maximum atomic E-state index is 15.5. The van der Waals surface area contributed by atoms with Crippen LogP contribution in [0.25, 0.3) is 0 Å². The van der Waals surface area contributed by atoms with Gasteiger partial charge in [0, 0.05) is 37.3 Å². The van der Waals surface area contributed by atoms with Gasteiger partial charge < -0.3 is 25.0 Å². The fraction of sp³-hybridized carbons (Fsp3) is 0.417. The fourth-order valence-corrected chi connectivity index (χ4v) is 3.94. The molecule has 1 fully saturated rings. The number of carbonyl (C=O) groups is 2. The molecule has 0 unspecified atom stereocenters. The molecule has 1 heterocycles. The van der Waals surface area contributed by atoms with Crippen LogP contribution in [0.4, 0.5) is 8.78 Å². The second-order valence-corrected chi connectivity index (χ2v) is 8.39. The molecule has 3 rings (SSSR count). The Labute approximate surface area is 202 Å². The third-order valence-electron chi connectivity index (χ3n) is 5.54. The molecule has 2 amide bonds. The summed E-state index contributed by atoms with van der Waals surface area (Å²) >= 11 is 6.23. The summed E-state index contributed by atoms with van der Waals surface area (Å²) in [5, 5.41) is 5.89. The van der Waals surface area contributed by atoms with E-state index in [-0.39, 0.29) is 34.2 Å². The minimum atomic E-state index is -0.697. The topological polar surface area (TPSA) is 79.9 Å². The van der Waals surface area contributed by atoms with Crippen LogP contribution in [0.2, 0.25) is 5.02 Å². The predicted molar refractivity (Wildman–Crippen MR) is 124 cm³/mol. The highest BCUT2D eigenvalue weighted by Crippen LogP contribution is 2.37. The molecule has 34 heavy (non-hydrogen) atoms. The summed E-state index contributed by atoms with van der Waals surface area (Å²) in [4.78, 5) is 24.8. The second-order valence-electron chi connectivity index (χ2n) is 7.98. The van der Waals surface area contributed by atoms with Crippen molar-refractivity contribution in [3.05, 3.63) is 58.1 Å². The van der Waals surface area contributed by atoms with Crippen molar-refractivity contribution in [3.63, 3.8) is 0 Å². The Kier molecular flexibility index (Phi) is 9.20. The fourth-order valence-electron chi connectivity index (χ4n) is 3.75. The first-order chi connectivity index (χ1) is 16.3. The number of nitrogens with one attached hydrogen (secondary N) is 2. The number of amides is 2. The van der Waals surface area contributed by atoms with Gasteiger partial charge in [0.15, 0.2) is 11.6 Å².